The van der Waals surface area contributed by atoms with Crippen molar-refractivity contribution in [2.45, 2.75) is 56.8 Å². The van der Waals surface area contributed by atoms with Gasteiger partial charge in [0.25, 0.3) is 10.1 Å². The van der Waals surface area contributed by atoms with E-state index in [9.17, 15) is 8.42 Å². The fraction of sp³-hybridized carbons (Fsp3) is 0.355. The average molecular weight is 553 g/mol. The van der Waals surface area contributed by atoms with E-state index in [-0.39, 0.29) is 19.8 Å². The lowest BCUT2D eigenvalue weighted by Crippen LogP contribution is -2.61. The Kier molecular flexibility index (Phi) is 10.8. The van der Waals surface area contributed by atoms with Gasteiger partial charge in [-0.25, -0.2) is 0 Å². The van der Waals surface area contributed by atoms with E-state index in [1.165, 1.54) is 0 Å². The van der Waals surface area contributed by atoms with E-state index < -0.39 is 40.6 Å². The Morgan fingerprint density at radius 1 is 0.718 bits per heavy atom. The van der Waals surface area contributed by atoms with Gasteiger partial charge in [-0.15, -0.1) is 6.58 Å². The summed E-state index contributed by atoms with van der Waals surface area (Å²) < 4.78 is 55.6. The summed E-state index contributed by atoms with van der Waals surface area (Å²) in [6, 6.07) is 29.3. The largest absolute Gasteiger partial charge is 0.374 e. The first-order valence-corrected chi connectivity index (χ1v) is 14.8. The zero-order valence-corrected chi connectivity index (χ0v) is 22.9. The van der Waals surface area contributed by atoms with Gasteiger partial charge >= 0.3 is 0 Å². The lowest BCUT2D eigenvalue weighted by molar-refractivity contribution is -0.254. The van der Waals surface area contributed by atoms with Crippen LogP contribution in [0.1, 0.15) is 23.1 Å². The van der Waals surface area contributed by atoms with Crippen molar-refractivity contribution in [3.05, 3.63) is 120 Å². The highest BCUT2D eigenvalue weighted by Gasteiger charge is 2.49. The Bertz CT molecular complexity index is 1240. The third-order valence-corrected chi connectivity index (χ3v) is 6.95. The van der Waals surface area contributed by atoms with Crippen LogP contribution in [0.2, 0.25) is 0 Å². The first kappa shape index (κ1) is 29.1. The molecule has 1 heterocycles. The summed E-state index contributed by atoms with van der Waals surface area (Å²) in [4.78, 5) is 0. The van der Waals surface area contributed by atoms with Crippen molar-refractivity contribution in [1.82, 2.24) is 0 Å². The van der Waals surface area contributed by atoms with Gasteiger partial charge < -0.3 is 18.9 Å². The normalized spacial score (nSPS) is 23.4. The van der Waals surface area contributed by atoms with Crippen molar-refractivity contribution in [2.75, 3.05) is 12.9 Å². The van der Waals surface area contributed by atoms with Crippen LogP contribution in [0.25, 0.3) is 0 Å². The second kappa shape index (κ2) is 14.5. The topological polar surface area (TPSA) is 80.3 Å². The molecule has 208 valence electrons. The highest BCUT2D eigenvalue weighted by Crippen LogP contribution is 2.32. The van der Waals surface area contributed by atoms with Crippen LogP contribution in [0.5, 0.6) is 0 Å². The summed E-state index contributed by atoms with van der Waals surface area (Å²) in [6.07, 6.45) is -0.446. The van der Waals surface area contributed by atoms with E-state index in [0.717, 1.165) is 22.9 Å². The van der Waals surface area contributed by atoms with Crippen LogP contribution in [0.15, 0.2) is 104 Å². The van der Waals surface area contributed by atoms with Crippen LogP contribution in [0.3, 0.4) is 0 Å². The molecule has 0 unspecified atom stereocenters. The zero-order valence-electron chi connectivity index (χ0n) is 22.1. The number of hydrogen-bond donors (Lipinski definition) is 0. The summed E-state index contributed by atoms with van der Waals surface area (Å²) in [5, 5.41) is 0. The summed E-state index contributed by atoms with van der Waals surface area (Å²) in [5.41, 5.74) is 2.95. The molecule has 0 radical (unpaired) electrons. The fourth-order valence-electron chi connectivity index (χ4n) is 4.59. The van der Waals surface area contributed by atoms with Gasteiger partial charge in [-0.05, 0) is 23.1 Å². The number of hydrogen-bond acceptors (Lipinski definition) is 7. The maximum Gasteiger partial charge on any atom is 0.264 e. The van der Waals surface area contributed by atoms with E-state index in [0.29, 0.717) is 13.0 Å². The molecule has 0 amide bonds. The van der Waals surface area contributed by atoms with Gasteiger partial charge in [-0.1, -0.05) is 97.1 Å². The molecule has 1 aliphatic heterocycles. The van der Waals surface area contributed by atoms with Gasteiger partial charge in [0.1, 0.15) is 24.4 Å². The van der Waals surface area contributed by atoms with Crippen molar-refractivity contribution < 1.29 is 31.5 Å². The maximum absolute atomic E-state index is 12.3. The molecule has 0 saturated carbocycles. The van der Waals surface area contributed by atoms with Crippen molar-refractivity contribution in [1.29, 1.82) is 0 Å². The smallest absolute Gasteiger partial charge is 0.264 e. The van der Waals surface area contributed by atoms with Gasteiger partial charge in [-0.2, -0.15) is 8.42 Å². The minimum Gasteiger partial charge on any atom is -0.374 e. The summed E-state index contributed by atoms with van der Waals surface area (Å²) in [6.45, 7) is 4.99. The Hall–Kier alpha value is -2.85. The summed E-state index contributed by atoms with van der Waals surface area (Å²) in [7, 11) is -3.83. The molecule has 0 aliphatic carbocycles. The van der Waals surface area contributed by atoms with Crippen LogP contribution >= 0.6 is 0 Å². The summed E-state index contributed by atoms with van der Waals surface area (Å²) in [5.74, 6) is 0. The van der Waals surface area contributed by atoms with Crippen LogP contribution in [-0.4, -0.2) is 51.8 Å². The maximum atomic E-state index is 12.3. The number of ether oxygens (including phenoxy) is 4. The van der Waals surface area contributed by atoms with Crippen molar-refractivity contribution in [3.8, 4) is 0 Å². The van der Waals surface area contributed by atoms with Crippen LogP contribution in [-0.2, 0) is 53.1 Å². The molecular weight excluding hydrogens is 516 g/mol. The van der Waals surface area contributed by atoms with Gasteiger partial charge in [0.05, 0.1) is 38.8 Å². The SMILES string of the molecule is C=CC[C@H]1O[C@H](COCc2ccccc2)[C@@H](OCc2ccccc2)[C@H](OCc2ccccc2)[C@@H]1OS(C)(=O)=O. The van der Waals surface area contributed by atoms with E-state index in [1.54, 1.807) is 6.08 Å². The molecule has 0 spiro atoms. The predicted octanol–water partition coefficient (Wildman–Crippen LogP) is 5.06. The van der Waals surface area contributed by atoms with Crippen LogP contribution < -0.4 is 0 Å². The molecule has 1 aliphatic rings. The molecule has 0 bridgehead atoms. The second-order valence-corrected chi connectivity index (χ2v) is 11.1. The quantitative estimate of drug-likeness (QED) is 0.204. The lowest BCUT2D eigenvalue weighted by atomic mass is 9.93. The molecule has 8 heteroatoms. The Balaban J connectivity index is 1.61. The van der Waals surface area contributed by atoms with E-state index in [2.05, 4.69) is 6.58 Å². The Morgan fingerprint density at radius 3 is 1.69 bits per heavy atom. The zero-order chi connectivity index (χ0) is 27.5. The molecule has 7 nitrogen and oxygen atoms in total. The molecule has 4 rings (SSSR count). The molecule has 1 saturated heterocycles. The third-order valence-electron chi connectivity index (χ3n) is 6.38. The Labute approximate surface area is 231 Å². The molecule has 5 atom stereocenters. The van der Waals surface area contributed by atoms with Crippen molar-refractivity contribution in [3.63, 3.8) is 0 Å². The predicted molar refractivity (Wildman–Crippen MR) is 149 cm³/mol. The van der Waals surface area contributed by atoms with Gasteiger partial charge in [0, 0.05) is 0 Å². The number of benzene rings is 3. The molecular formula is C31H36O7S. The Morgan fingerprint density at radius 2 is 1.21 bits per heavy atom. The lowest BCUT2D eigenvalue weighted by Gasteiger charge is -2.45. The molecule has 0 aromatic heterocycles. The van der Waals surface area contributed by atoms with Crippen molar-refractivity contribution >= 4 is 10.1 Å². The fourth-order valence-corrected chi connectivity index (χ4v) is 5.23. The first-order valence-electron chi connectivity index (χ1n) is 13.0. The first-order chi connectivity index (χ1) is 18.9. The van der Waals surface area contributed by atoms with Crippen LogP contribution in [0, 0.1) is 0 Å². The minimum absolute atomic E-state index is 0.221. The molecule has 3 aromatic carbocycles. The van der Waals surface area contributed by atoms with Gasteiger partial charge in [-0.3, -0.25) is 4.18 Å². The molecule has 0 N–H and O–H groups in total. The van der Waals surface area contributed by atoms with E-state index in [1.807, 2.05) is 91.0 Å². The standard InChI is InChI=1S/C31H36O7S/c1-3-13-27-30(38-39(2,32)33)31(36-22-26-18-11-6-12-19-26)29(35-21-25-16-9-5-10-17-25)28(37-27)23-34-20-24-14-7-4-8-15-24/h3-12,14-19,27-31H,1,13,20-23H2,2H3/t27-,28-,29-,30-,31+/m1/s1. The van der Waals surface area contributed by atoms with Gasteiger partial charge in [0.2, 0.25) is 0 Å². The number of rotatable bonds is 14. The highest BCUT2D eigenvalue weighted by atomic mass is 32.2. The van der Waals surface area contributed by atoms with Crippen molar-refractivity contribution in [2.24, 2.45) is 0 Å². The third kappa shape index (κ3) is 9.10. The summed E-state index contributed by atoms with van der Waals surface area (Å²) >= 11 is 0. The molecule has 1 fully saturated rings. The molecule has 3 aromatic rings. The minimum atomic E-state index is -3.83. The van der Waals surface area contributed by atoms with Crippen LogP contribution in [0.4, 0.5) is 0 Å². The highest BCUT2D eigenvalue weighted by molar-refractivity contribution is 7.86. The second-order valence-electron chi connectivity index (χ2n) is 9.53. The average Bonchev–Trinajstić information content (AvgIpc) is 2.94. The van der Waals surface area contributed by atoms with Gasteiger partial charge in [0.15, 0.2) is 0 Å². The van der Waals surface area contributed by atoms with E-state index in [4.69, 9.17) is 23.1 Å². The monoisotopic (exact) mass is 552 g/mol. The molecule has 39 heavy (non-hydrogen) atoms. The van der Waals surface area contributed by atoms with E-state index >= 15 is 0 Å².